The fraction of sp³-hybridized carbons (Fsp3) is 0.649. The van der Waals surface area contributed by atoms with Crippen molar-refractivity contribution in [1.82, 2.24) is 20.5 Å². The first kappa shape index (κ1) is 39.2. The molecule has 2 saturated carbocycles. The number of aromatic nitrogens is 1. The second-order valence-electron chi connectivity index (χ2n) is 15.3. The molecule has 7 atom stereocenters. The average Bonchev–Trinajstić information content (AvgIpc) is 3.39. The summed E-state index contributed by atoms with van der Waals surface area (Å²) in [5, 5.41) is 19.7. The molecule has 3 aliphatic rings. The van der Waals surface area contributed by atoms with E-state index in [-0.39, 0.29) is 30.0 Å². The fourth-order valence-electron chi connectivity index (χ4n) is 7.36. The van der Waals surface area contributed by atoms with Gasteiger partial charge in [0.15, 0.2) is 0 Å². The van der Waals surface area contributed by atoms with Crippen LogP contribution in [-0.2, 0) is 23.9 Å². The number of rotatable bonds is 14. The first-order valence-electron chi connectivity index (χ1n) is 18.0. The molecule has 2 aliphatic carbocycles. The maximum atomic E-state index is 14.5. The number of likely N-dealkylation sites (tertiary alicyclic amines) is 1. The van der Waals surface area contributed by atoms with E-state index < -0.39 is 53.0 Å². The van der Waals surface area contributed by atoms with Gasteiger partial charge in [-0.2, -0.15) is 0 Å². The number of ether oxygens (including phenoxy) is 4. The van der Waals surface area contributed by atoms with Crippen molar-refractivity contribution in [3.63, 3.8) is 0 Å². The highest BCUT2D eigenvalue weighted by atomic mass is 35.5. The minimum absolute atomic E-state index is 0.0161. The van der Waals surface area contributed by atoms with Crippen LogP contribution in [0.3, 0.4) is 0 Å². The lowest BCUT2D eigenvalue weighted by Crippen LogP contribution is -2.59. The largest absolute Gasteiger partial charge is 0.495 e. The molecule has 2 aromatic rings. The van der Waals surface area contributed by atoms with Gasteiger partial charge < -0.3 is 44.9 Å². The molecule has 52 heavy (non-hydrogen) atoms. The third-order valence-corrected chi connectivity index (χ3v) is 10.8. The standard InChI is InChI=1S/C37H52ClN5O9/c1-8-21-18-37(21,34(46)47)42-32(44)25-16-23(19-43(25)33(45)31(36(3,4)5)41-35(48)52-22-10-9-20(2)15-22)51-27-17-28(39-13-14-49-6)40-30-24(27)11-12-26(50-7)29(30)38/h11-12,17,20-23,25,31H,8-10,13-16,18-19H2,1-7H3,(H,39,40)(H,41,48)(H,42,44)(H,46,47)/t20-,21+,22+,23+,25-,31+,37+/m0/s1. The minimum Gasteiger partial charge on any atom is -0.495 e. The number of carboxylic acid groups (broad SMARTS) is 1. The summed E-state index contributed by atoms with van der Waals surface area (Å²) in [5.41, 5.74) is -1.75. The van der Waals surface area contributed by atoms with E-state index >= 15 is 0 Å². The van der Waals surface area contributed by atoms with Gasteiger partial charge in [0.1, 0.15) is 52.2 Å². The molecule has 3 amide bonds. The lowest BCUT2D eigenvalue weighted by Gasteiger charge is -2.35. The highest BCUT2D eigenvalue weighted by molar-refractivity contribution is 6.36. The number of carbonyl (C=O) groups is 4. The normalized spacial score (nSPS) is 26.1. The number of pyridine rings is 1. The Morgan fingerprint density at radius 2 is 1.87 bits per heavy atom. The van der Waals surface area contributed by atoms with Crippen LogP contribution in [0, 0.1) is 17.3 Å². The first-order chi connectivity index (χ1) is 24.6. The van der Waals surface area contributed by atoms with Gasteiger partial charge in [-0.15, -0.1) is 0 Å². The number of halogens is 1. The number of hydrogen-bond donors (Lipinski definition) is 4. The van der Waals surface area contributed by atoms with Crippen molar-refractivity contribution in [2.45, 2.75) is 103 Å². The molecule has 15 heteroatoms. The Labute approximate surface area is 309 Å². The van der Waals surface area contributed by atoms with E-state index in [1.807, 2.05) is 27.7 Å². The van der Waals surface area contributed by atoms with Gasteiger partial charge in [0.25, 0.3) is 0 Å². The minimum atomic E-state index is -1.40. The Bertz CT molecular complexity index is 1670. The average molecular weight is 746 g/mol. The van der Waals surface area contributed by atoms with Gasteiger partial charge >= 0.3 is 12.1 Å². The Hall–Kier alpha value is -4.04. The molecule has 0 unspecified atom stereocenters. The van der Waals surface area contributed by atoms with Crippen LogP contribution in [0.15, 0.2) is 18.2 Å². The maximum Gasteiger partial charge on any atom is 0.408 e. The number of nitrogens with one attached hydrogen (secondary N) is 3. The van der Waals surface area contributed by atoms with Crippen molar-refractivity contribution in [2.24, 2.45) is 17.3 Å². The van der Waals surface area contributed by atoms with Crippen LogP contribution in [0.4, 0.5) is 10.6 Å². The third-order valence-electron chi connectivity index (χ3n) is 10.4. The van der Waals surface area contributed by atoms with E-state index in [1.54, 1.807) is 25.3 Å². The van der Waals surface area contributed by atoms with Crippen molar-refractivity contribution in [3.8, 4) is 11.5 Å². The van der Waals surface area contributed by atoms with Crippen LogP contribution in [0.2, 0.25) is 5.02 Å². The van der Waals surface area contributed by atoms with Gasteiger partial charge in [0, 0.05) is 31.5 Å². The summed E-state index contributed by atoms with van der Waals surface area (Å²) in [6.45, 7) is 10.3. The fourth-order valence-corrected chi connectivity index (χ4v) is 7.65. The number of benzene rings is 1. The third kappa shape index (κ3) is 8.43. The Morgan fingerprint density at radius 3 is 2.46 bits per heavy atom. The second kappa shape index (κ2) is 15.9. The molecular weight excluding hydrogens is 694 g/mol. The summed E-state index contributed by atoms with van der Waals surface area (Å²) in [5.74, 6) is -0.696. The van der Waals surface area contributed by atoms with Crippen molar-refractivity contribution >= 4 is 52.2 Å². The molecule has 0 spiro atoms. The molecule has 1 aliphatic heterocycles. The first-order valence-corrected chi connectivity index (χ1v) is 18.4. The topological polar surface area (TPSA) is 178 Å². The van der Waals surface area contributed by atoms with Crippen LogP contribution >= 0.6 is 11.6 Å². The Kier molecular flexibility index (Phi) is 12.0. The lowest BCUT2D eigenvalue weighted by atomic mass is 9.85. The number of aliphatic carboxylic acids is 1. The quantitative estimate of drug-likeness (QED) is 0.191. The smallest absolute Gasteiger partial charge is 0.408 e. The molecule has 0 radical (unpaired) electrons. The van der Waals surface area contributed by atoms with E-state index in [2.05, 4.69) is 27.9 Å². The molecule has 4 N–H and O–H groups in total. The molecule has 1 aromatic carbocycles. The molecular formula is C37H52ClN5O9. The summed E-state index contributed by atoms with van der Waals surface area (Å²) >= 11 is 6.70. The number of methoxy groups -OCH3 is 2. The van der Waals surface area contributed by atoms with Gasteiger partial charge in [-0.3, -0.25) is 9.59 Å². The zero-order valence-electron chi connectivity index (χ0n) is 31.0. The summed E-state index contributed by atoms with van der Waals surface area (Å²) < 4.78 is 22.9. The van der Waals surface area contributed by atoms with E-state index in [0.29, 0.717) is 60.1 Å². The number of carbonyl (C=O) groups excluding carboxylic acids is 3. The SMILES string of the molecule is CC[C@@H]1C[C@]1(NC(=O)[C@@H]1C[C@@H](Oc2cc(NCCOC)nc3c(Cl)c(OC)ccc23)CN1C(=O)[C@@H](NC(=O)O[C@@H]1CC[C@H](C)C1)C(C)(C)C)C(=O)O. The van der Waals surface area contributed by atoms with Crippen LogP contribution in [0.25, 0.3) is 10.9 Å². The van der Waals surface area contributed by atoms with Gasteiger partial charge in [-0.1, -0.05) is 52.6 Å². The summed E-state index contributed by atoms with van der Waals surface area (Å²) in [6, 6.07) is 3.05. The van der Waals surface area contributed by atoms with Crippen LogP contribution in [0.5, 0.6) is 11.5 Å². The van der Waals surface area contributed by atoms with E-state index in [1.165, 1.54) is 12.0 Å². The molecule has 5 rings (SSSR count). The zero-order chi connectivity index (χ0) is 38.0. The van der Waals surface area contributed by atoms with Crippen molar-refractivity contribution in [3.05, 3.63) is 23.2 Å². The van der Waals surface area contributed by atoms with Crippen molar-refractivity contribution < 1.29 is 43.2 Å². The highest BCUT2D eigenvalue weighted by Gasteiger charge is 2.61. The van der Waals surface area contributed by atoms with Gasteiger partial charge in [-0.25, -0.2) is 14.6 Å². The molecule has 0 bridgehead atoms. The monoisotopic (exact) mass is 745 g/mol. The van der Waals surface area contributed by atoms with Gasteiger partial charge in [0.2, 0.25) is 11.8 Å². The molecule has 1 saturated heterocycles. The number of nitrogens with zero attached hydrogens (tertiary/aromatic N) is 2. The number of alkyl carbamates (subject to hydrolysis) is 1. The van der Waals surface area contributed by atoms with Crippen LogP contribution in [-0.4, -0.2) is 103 Å². The van der Waals surface area contributed by atoms with E-state index in [4.69, 9.17) is 30.5 Å². The zero-order valence-corrected chi connectivity index (χ0v) is 31.8. The Morgan fingerprint density at radius 1 is 1.12 bits per heavy atom. The summed E-state index contributed by atoms with van der Waals surface area (Å²) in [4.78, 5) is 60.2. The number of amides is 3. The lowest BCUT2D eigenvalue weighted by molar-refractivity contribution is -0.146. The molecule has 3 fully saturated rings. The molecule has 1 aromatic heterocycles. The predicted molar refractivity (Wildman–Crippen MR) is 195 cm³/mol. The maximum absolute atomic E-state index is 14.5. The van der Waals surface area contributed by atoms with Crippen molar-refractivity contribution in [1.29, 1.82) is 0 Å². The van der Waals surface area contributed by atoms with E-state index in [9.17, 15) is 24.3 Å². The number of anilines is 1. The molecule has 2 heterocycles. The number of hydrogen-bond acceptors (Lipinski definition) is 10. The van der Waals surface area contributed by atoms with Crippen LogP contribution < -0.4 is 25.4 Å². The molecule has 286 valence electrons. The van der Waals surface area contributed by atoms with Crippen molar-refractivity contribution in [2.75, 3.05) is 39.2 Å². The Balaban J connectivity index is 1.46. The number of carboxylic acids is 1. The van der Waals surface area contributed by atoms with Gasteiger partial charge in [-0.05, 0) is 55.1 Å². The summed E-state index contributed by atoms with van der Waals surface area (Å²) in [7, 11) is 3.10. The molecule has 14 nitrogen and oxygen atoms in total. The summed E-state index contributed by atoms with van der Waals surface area (Å²) in [6.07, 6.45) is 1.77. The predicted octanol–water partition coefficient (Wildman–Crippen LogP) is 5.00. The van der Waals surface area contributed by atoms with E-state index in [0.717, 1.165) is 19.3 Å². The van der Waals surface area contributed by atoms with Crippen LogP contribution in [0.1, 0.15) is 73.1 Å². The number of fused-ring (bicyclic) bond motifs is 1. The second-order valence-corrected chi connectivity index (χ2v) is 15.7. The highest BCUT2D eigenvalue weighted by Crippen LogP contribution is 2.46. The van der Waals surface area contributed by atoms with Gasteiger partial charge in [0.05, 0.1) is 25.8 Å².